The average molecular weight is 505 g/mol. The van der Waals surface area contributed by atoms with Crippen molar-refractivity contribution in [1.29, 1.82) is 0 Å². The van der Waals surface area contributed by atoms with E-state index in [9.17, 15) is 19.2 Å². The fourth-order valence-corrected chi connectivity index (χ4v) is 6.79. The maximum Gasteiger partial charge on any atom is 0.243 e. The van der Waals surface area contributed by atoms with E-state index in [1.165, 1.54) is 18.1 Å². The van der Waals surface area contributed by atoms with Gasteiger partial charge in [-0.2, -0.15) is 0 Å². The zero-order valence-electron chi connectivity index (χ0n) is 19.4. The molecule has 8 heteroatoms. The molecule has 0 spiro atoms. The van der Waals surface area contributed by atoms with E-state index in [1.54, 1.807) is 4.90 Å². The van der Waals surface area contributed by atoms with Crippen molar-refractivity contribution in [1.82, 2.24) is 10.2 Å². The molecule has 1 aliphatic heterocycles. The molecule has 0 bridgehead atoms. The number of piperidine rings is 1. The van der Waals surface area contributed by atoms with Crippen molar-refractivity contribution in [2.75, 3.05) is 6.54 Å². The summed E-state index contributed by atoms with van der Waals surface area (Å²) in [5, 5.41) is 2.79. The molecule has 5 atom stereocenters. The molecule has 0 radical (unpaired) electrons. The maximum atomic E-state index is 13.6. The van der Waals surface area contributed by atoms with Crippen molar-refractivity contribution in [3.05, 3.63) is 35.4 Å². The van der Waals surface area contributed by atoms with Gasteiger partial charge in [-0.15, -0.1) is 23.2 Å². The van der Waals surface area contributed by atoms with E-state index in [2.05, 4.69) is 17.4 Å². The number of nitrogens with one attached hydrogen (secondary N) is 1. The number of halogens is 2. The van der Waals surface area contributed by atoms with Crippen molar-refractivity contribution < 1.29 is 19.2 Å². The molecule has 5 rings (SSSR count). The van der Waals surface area contributed by atoms with Crippen LogP contribution in [0.2, 0.25) is 0 Å². The molecule has 1 saturated heterocycles. The third-order valence-corrected chi connectivity index (χ3v) is 9.37. The van der Waals surface area contributed by atoms with Crippen LogP contribution in [-0.4, -0.2) is 51.2 Å². The molecular weight excluding hydrogens is 475 g/mol. The average Bonchev–Trinajstić information content (AvgIpc) is 3.55. The quantitative estimate of drug-likeness (QED) is 0.435. The van der Waals surface area contributed by atoms with Crippen LogP contribution in [0.25, 0.3) is 0 Å². The number of carbonyl (C=O) groups is 4. The second-order valence-electron chi connectivity index (χ2n) is 10.6. The van der Waals surface area contributed by atoms with Gasteiger partial charge in [0.15, 0.2) is 5.78 Å². The number of alkyl halides is 2. The molecule has 1 unspecified atom stereocenters. The number of nitrogens with zero attached hydrogens (tertiary/aromatic N) is 1. The number of amides is 2. The number of likely N-dealkylation sites (tertiary alicyclic amines) is 1. The number of ketones is 2. The molecule has 2 saturated carbocycles. The van der Waals surface area contributed by atoms with Crippen molar-refractivity contribution >= 4 is 46.6 Å². The molecule has 3 aliphatic carbocycles. The molecule has 182 valence electrons. The van der Waals surface area contributed by atoms with Crippen LogP contribution in [0.4, 0.5) is 0 Å². The highest BCUT2D eigenvalue weighted by Gasteiger charge is 2.74. The molecule has 2 amide bonds. The Morgan fingerprint density at radius 3 is 2.29 bits per heavy atom. The minimum Gasteiger partial charge on any atom is -0.344 e. The van der Waals surface area contributed by atoms with Gasteiger partial charge >= 0.3 is 0 Å². The summed E-state index contributed by atoms with van der Waals surface area (Å²) in [6.07, 6.45) is 4.11. The summed E-state index contributed by atoms with van der Waals surface area (Å²) in [5.41, 5.74) is 2.55. The summed E-state index contributed by atoms with van der Waals surface area (Å²) >= 11 is 12.9. The van der Waals surface area contributed by atoms with Gasteiger partial charge < -0.3 is 10.2 Å². The number of benzene rings is 1. The van der Waals surface area contributed by atoms with Crippen LogP contribution in [0.5, 0.6) is 0 Å². The Balaban J connectivity index is 1.32. The highest BCUT2D eigenvalue weighted by Crippen LogP contribution is 2.65. The maximum absolute atomic E-state index is 13.6. The van der Waals surface area contributed by atoms with E-state index in [1.807, 2.05) is 19.1 Å². The van der Waals surface area contributed by atoms with Crippen molar-refractivity contribution in [3.8, 4) is 0 Å². The topological polar surface area (TPSA) is 83.6 Å². The summed E-state index contributed by atoms with van der Waals surface area (Å²) in [7, 11) is 0. The van der Waals surface area contributed by atoms with Gasteiger partial charge in [0, 0.05) is 31.2 Å². The van der Waals surface area contributed by atoms with Crippen LogP contribution in [-0.2, 0) is 32.0 Å². The van der Waals surface area contributed by atoms with Gasteiger partial charge in [-0.3, -0.25) is 19.2 Å². The first-order valence-electron chi connectivity index (χ1n) is 12.2. The Bertz CT molecular complexity index is 1030. The van der Waals surface area contributed by atoms with E-state index in [0.29, 0.717) is 18.9 Å². The van der Waals surface area contributed by atoms with E-state index in [4.69, 9.17) is 23.2 Å². The Hall–Kier alpha value is -1.92. The Labute approximate surface area is 209 Å². The fraction of sp³-hybridized carbons (Fsp3) is 0.615. The number of fused-ring (bicyclic) bond motifs is 2. The van der Waals surface area contributed by atoms with Crippen LogP contribution in [0.1, 0.15) is 44.2 Å². The van der Waals surface area contributed by atoms with Crippen molar-refractivity contribution in [2.24, 2.45) is 29.6 Å². The molecule has 1 aromatic carbocycles. The van der Waals surface area contributed by atoms with E-state index >= 15 is 0 Å². The Morgan fingerprint density at radius 2 is 1.74 bits per heavy atom. The Kier molecular flexibility index (Phi) is 6.04. The lowest BCUT2D eigenvalue weighted by Gasteiger charge is -2.33. The predicted molar refractivity (Wildman–Crippen MR) is 128 cm³/mol. The summed E-state index contributed by atoms with van der Waals surface area (Å²) in [6.45, 7) is 3.48. The van der Waals surface area contributed by atoms with Gasteiger partial charge in [-0.1, -0.05) is 44.0 Å². The molecule has 34 heavy (non-hydrogen) atoms. The zero-order valence-corrected chi connectivity index (χ0v) is 20.9. The number of Topliss-reactive ketones (excluding diaryl/α,β-unsaturated/α-hetero) is 2. The van der Waals surface area contributed by atoms with Gasteiger partial charge in [0.1, 0.15) is 10.4 Å². The lowest BCUT2D eigenvalue weighted by Crippen LogP contribution is -2.55. The van der Waals surface area contributed by atoms with E-state index in [-0.39, 0.29) is 29.6 Å². The standard InChI is InChI=1S/C26H30Cl2N2O4/c1-13(18-10-16-5-3-4-6-17(16)11-18)25(34)30-12-19-21(26(19,27)28)22(30)24(33)29-20(9-15-7-8-15)23(32)14(2)31/h3-6,13,15,18-22H,7-12H2,1-2H3,(H,29,33)/t13-,19-,20?,21-,22-/m0/s1. The molecule has 1 heterocycles. The third-order valence-electron chi connectivity index (χ3n) is 8.31. The second kappa shape index (κ2) is 8.63. The van der Waals surface area contributed by atoms with Crippen LogP contribution in [0.3, 0.4) is 0 Å². The van der Waals surface area contributed by atoms with Crippen LogP contribution in [0, 0.1) is 29.6 Å². The molecular formula is C26H30Cl2N2O4. The van der Waals surface area contributed by atoms with Crippen LogP contribution >= 0.6 is 23.2 Å². The number of carbonyl (C=O) groups excluding carboxylic acids is 4. The first-order chi connectivity index (χ1) is 16.1. The predicted octanol–water partition coefficient (Wildman–Crippen LogP) is 3.11. The molecule has 0 aromatic heterocycles. The second-order valence-corrected chi connectivity index (χ2v) is 12.1. The monoisotopic (exact) mass is 504 g/mol. The first-order valence-corrected chi connectivity index (χ1v) is 13.0. The molecule has 4 aliphatic rings. The highest BCUT2D eigenvalue weighted by atomic mass is 35.5. The fourth-order valence-electron chi connectivity index (χ4n) is 5.96. The normalized spacial score (nSPS) is 28.6. The van der Waals surface area contributed by atoms with Crippen molar-refractivity contribution in [2.45, 2.75) is 62.4 Å². The number of hydrogen-bond acceptors (Lipinski definition) is 4. The highest BCUT2D eigenvalue weighted by molar-refractivity contribution is 6.51. The van der Waals surface area contributed by atoms with E-state index < -0.39 is 33.9 Å². The van der Waals surface area contributed by atoms with Crippen LogP contribution < -0.4 is 5.32 Å². The molecule has 3 fully saturated rings. The zero-order chi connectivity index (χ0) is 24.4. The SMILES string of the molecule is CC(=O)C(=O)C(CC1CC1)NC(=O)[C@@H]1[C@@H]2[C@H](CN1C(=O)[C@@H](C)C1Cc3ccccc3C1)C2(Cl)Cl. The lowest BCUT2D eigenvalue weighted by atomic mass is 9.89. The lowest BCUT2D eigenvalue weighted by molar-refractivity contribution is -0.145. The first kappa shape index (κ1) is 23.8. The minimum atomic E-state index is -1.05. The van der Waals surface area contributed by atoms with Crippen molar-refractivity contribution in [3.63, 3.8) is 0 Å². The Morgan fingerprint density at radius 1 is 1.12 bits per heavy atom. The molecule has 1 aromatic rings. The summed E-state index contributed by atoms with van der Waals surface area (Å²) < 4.78 is -1.05. The molecule has 6 nitrogen and oxygen atoms in total. The van der Waals surface area contributed by atoms with Gasteiger partial charge in [0.05, 0.1) is 6.04 Å². The van der Waals surface area contributed by atoms with Gasteiger partial charge in [0.25, 0.3) is 0 Å². The number of rotatable bonds is 8. The van der Waals surface area contributed by atoms with E-state index in [0.717, 1.165) is 25.7 Å². The van der Waals surface area contributed by atoms with Gasteiger partial charge in [0.2, 0.25) is 17.6 Å². The summed E-state index contributed by atoms with van der Waals surface area (Å²) in [4.78, 5) is 53.0. The van der Waals surface area contributed by atoms with Gasteiger partial charge in [-0.05, 0) is 42.2 Å². The molecule has 1 N–H and O–H groups in total. The summed E-state index contributed by atoms with van der Waals surface area (Å²) in [5.74, 6) is -1.98. The largest absolute Gasteiger partial charge is 0.344 e. The minimum absolute atomic E-state index is 0.0778. The smallest absolute Gasteiger partial charge is 0.243 e. The summed E-state index contributed by atoms with van der Waals surface area (Å²) in [6, 6.07) is 6.55. The third kappa shape index (κ3) is 4.17. The number of hydrogen-bond donors (Lipinski definition) is 1. The van der Waals surface area contributed by atoms with Crippen LogP contribution in [0.15, 0.2) is 24.3 Å². The van der Waals surface area contributed by atoms with Gasteiger partial charge in [-0.25, -0.2) is 0 Å².